The lowest BCUT2D eigenvalue weighted by Crippen LogP contribution is -2.34. The fraction of sp³-hybridized carbons (Fsp3) is 0.250. The van der Waals surface area contributed by atoms with Crippen LogP contribution in [0.5, 0.6) is 11.8 Å². The Labute approximate surface area is 132 Å². The van der Waals surface area contributed by atoms with Crippen molar-refractivity contribution in [2.75, 3.05) is 19.7 Å². The molecule has 116 valence electrons. The van der Waals surface area contributed by atoms with Gasteiger partial charge in [-0.3, -0.25) is 9.97 Å². The average molecular weight is 309 g/mol. The molecule has 7 heteroatoms. The fourth-order valence-electron chi connectivity index (χ4n) is 2.53. The standard InChI is InChI=1S/C16H15N5O2/c1-2-11(8-17-4-1)23-16-20-13-9-18-5-3-12(13)15(21-16)14-10-19-6-7-22-14/h1-5,8-9,14,19H,6-7,10H2. The Kier molecular flexibility index (Phi) is 3.79. The molecule has 1 fully saturated rings. The Balaban J connectivity index is 1.76. The van der Waals surface area contributed by atoms with Gasteiger partial charge in [0, 0.05) is 30.9 Å². The molecule has 4 rings (SSSR count). The summed E-state index contributed by atoms with van der Waals surface area (Å²) < 4.78 is 11.6. The Bertz CT molecular complexity index is 806. The summed E-state index contributed by atoms with van der Waals surface area (Å²) in [5.74, 6) is 0.587. The molecule has 0 saturated carbocycles. The molecule has 1 saturated heterocycles. The van der Waals surface area contributed by atoms with Gasteiger partial charge in [-0.05, 0) is 18.2 Å². The number of nitrogens with zero attached hydrogens (tertiary/aromatic N) is 4. The SMILES string of the molecule is c1cncc(Oc2nc(C3CNCCO3)c3ccncc3n2)c1. The first kappa shape index (κ1) is 14.0. The highest BCUT2D eigenvalue weighted by molar-refractivity contribution is 5.80. The van der Waals surface area contributed by atoms with Crippen LogP contribution < -0.4 is 10.1 Å². The van der Waals surface area contributed by atoms with Gasteiger partial charge in [-0.2, -0.15) is 9.97 Å². The van der Waals surface area contributed by atoms with E-state index in [0.29, 0.717) is 18.9 Å². The first-order valence-corrected chi connectivity index (χ1v) is 7.42. The number of nitrogens with one attached hydrogen (secondary N) is 1. The molecular formula is C16H15N5O2. The average Bonchev–Trinajstić information content (AvgIpc) is 2.63. The minimum absolute atomic E-state index is 0.132. The van der Waals surface area contributed by atoms with E-state index < -0.39 is 0 Å². The van der Waals surface area contributed by atoms with Crippen molar-refractivity contribution in [3.05, 3.63) is 48.7 Å². The maximum Gasteiger partial charge on any atom is 0.322 e. The van der Waals surface area contributed by atoms with Gasteiger partial charge >= 0.3 is 6.01 Å². The van der Waals surface area contributed by atoms with Crippen LogP contribution in [0.1, 0.15) is 11.8 Å². The van der Waals surface area contributed by atoms with Crippen LogP contribution in [-0.4, -0.2) is 39.6 Å². The summed E-state index contributed by atoms with van der Waals surface area (Å²) in [5, 5.41) is 4.24. The maximum atomic E-state index is 5.84. The fourth-order valence-corrected chi connectivity index (χ4v) is 2.53. The van der Waals surface area contributed by atoms with Crippen molar-refractivity contribution in [2.24, 2.45) is 0 Å². The number of rotatable bonds is 3. The maximum absolute atomic E-state index is 5.84. The largest absolute Gasteiger partial charge is 0.423 e. The molecule has 23 heavy (non-hydrogen) atoms. The second kappa shape index (κ2) is 6.23. The lowest BCUT2D eigenvalue weighted by Gasteiger charge is -2.24. The van der Waals surface area contributed by atoms with Gasteiger partial charge < -0.3 is 14.8 Å². The predicted octanol–water partition coefficient (Wildman–Crippen LogP) is 1.87. The van der Waals surface area contributed by atoms with E-state index >= 15 is 0 Å². The van der Waals surface area contributed by atoms with Crippen LogP contribution >= 0.6 is 0 Å². The molecule has 1 aliphatic heterocycles. The summed E-state index contributed by atoms with van der Waals surface area (Å²) in [4.78, 5) is 17.2. The van der Waals surface area contributed by atoms with Crippen molar-refractivity contribution in [1.82, 2.24) is 25.3 Å². The highest BCUT2D eigenvalue weighted by atomic mass is 16.5. The van der Waals surface area contributed by atoms with E-state index in [9.17, 15) is 0 Å². The van der Waals surface area contributed by atoms with Crippen molar-refractivity contribution < 1.29 is 9.47 Å². The molecule has 3 aromatic rings. The summed E-state index contributed by atoms with van der Waals surface area (Å²) in [6.45, 7) is 2.21. The van der Waals surface area contributed by atoms with Crippen LogP contribution in [0, 0.1) is 0 Å². The summed E-state index contributed by atoms with van der Waals surface area (Å²) >= 11 is 0. The van der Waals surface area contributed by atoms with Crippen LogP contribution in [0.4, 0.5) is 0 Å². The topological polar surface area (TPSA) is 82.1 Å². The quantitative estimate of drug-likeness (QED) is 0.791. The first-order valence-electron chi connectivity index (χ1n) is 7.42. The highest BCUT2D eigenvalue weighted by Crippen LogP contribution is 2.27. The van der Waals surface area contributed by atoms with Crippen LogP contribution in [0.25, 0.3) is 10.9 Å². The van der Waals surface area contributed by atoms with Gasteiger partial charge in [-0.25, -0.2) is 0 Å². The van der Waals surface area contributed by atoms with Crippen LogP contribution in [0.3, 0.4) is 0 Å². The number of hydrogen-bond acceptors (Lipinski definition) is 7. The van der Waals surface area contributed by atoms with Gasteiger partial charge in [-0.1, -0.05) is 0 Å². The molecule has 1 aliphatic rings. The van der Waals surface area contributed by atoms with Gasteiger partial charge in [0.15, 0.2) is 0 Å². The van der Waals surface area contributed by atoms with Crippen molar-refractivity contribution in [1.29, 1.82) is 0 Å². The third kappa shape index (κ3) is 2.96. The van der Waals surface area contributed by atoms with E-state index in [1.807, 2.05) is 12.1 Å². The number of fused-ring (bicyclic) bond motifs is 1. The molecular weight excluding hydrogens is 294 g/mol. The molecule has 4 heterocycles. The van der Waals surface area contributed by atoms with Gasteiger partial charge in [0.25, 0.3) is 0 Å². The number of pyridine rings is 2. The van der Waals surface area contributed by atoms with Crippen molar-refractivity contribution in [3.63, 3.8) is 0 Å². The summed E-state index contributed by atoms with van der Waals surface area (Å²) in [6.07, 6.45) is 6.60. The Hall–Kier alpha value is -2.64. The van der Waals surface area contributed by atoms with E-state index in [-0.39, 0.29) is 12.1 Å². The van der Waals surface area contributed by atoms with Gasteiger partial charge in [0.1, 0.15) is 11.9 Å². The number of ether oxygens (including phenoxy) is 2. The number of aromatic nitrogens is 4. The molecule has 0 spiro atoms. The van der Waals surface area contributed by atoms with Gasteiger partial charge in [0.05, 0.1) is 30.2 Å². The van der Waals surface area contributed by atoms with E-state index in [0.717, 1.165) is 23.1 Å². The molecule has 1 atom stereocenters. The smallest absolute Gasteiger partial charge is 0.322 e. The summed E-state index contributed by atoms with van der Waals surface area (Å²) in [7, 11) is 0. The Morgan fingerprint density at radius 2 is 2.09 bits per heavy atom. The summed E-state index contributed by atoms with van der Waals surface area (Å²) in [5.41, 5.74) is 1.54. The monoisotopic (exact) mass is 309 g/mol. The second-order valence-corrected chi connectivity index (χ2v) is 5.14. The zero-order valence-electron chi connectivity index (χ0n) is 12.3. The molecule has 1 unspecified atom stereocenters. The minimum atomic E-state index is -0.132. The number of morpholine rings is 1. The predicted molar refractivity (Wildman–Crippen MR) is 83.2 cm³/mol. The minimum Gasteiger partial charge on any atom is -0.423 e. The molecule has 0 bridgehead atoms. The lowest BCUT2D eigenvalue weighted by atomic mass is 10.1. The molecule has 7 nitrogen and oxygen atoms in total. The molecule has 0 aliphatic carbocycles. The van der Waals surface area contributed by atoms with Crippen LogP contribution in [0.15, 0.2) is 43.0 Å². The first-order chi connectivity index (χ1) is 11.4. The second-order valence-electron chi connectivity index (χ2n) is 5.14. The van der Waals surface area contributed by atoms with Crippen molar-refractivity contribution in [2.45, 2.75) is 6.10 Å². The van der Waals surface area contributed by atoms with Crippen molar-refractivity contribution >= 4 is 10.9 Å². The van der Waals surface area contributed by atoms with E-state index in [4.69, 9.17) is 9.47 Å². The Morgan fingerprint density at radius 1 is 1.13 bits per heavy atom. The molecule has 1 N–H and O–H groups in total. The van der Waals surface area contributed by atoms with E-state index in [1.54, 1.807) is 30.9 Å². The van der Waals surface area contributed by atoms with E-state index in [1.165, 1.54) is 0 Å². The molecule has 0 amide bonds. The van der Waals surface area contributed by atoms with E-state index in [2.05, 4.69) is 25.3 Å². The normalized spacial score (nSPS) is 18.0. The lowest BCUT2D eigenvalue weighted by molar-refractivity contribution is 0.0257. The molecule has 0 aromatic carbocycles. The summed E-state index contributed by atoms with van der Waals surface area (Å²) in [6, 6.07) is 5.77. The van der Waals surface area contributed by atoms with Crippen LogP contribution in [-0.2, 0) is 4.74 Å². The third-order valence-electron chi connectivity index (χ3n) is 3.58. The third-order valence-corrected chi connectivity index (χ3v) is 3.58. The Morgan fingerprint density at radius 3 is 2.91 bits per heavy atom. The number of hydrogen-bond donors (Lipinski definition) is 1. The van der Waals surface area contributed by atoms with Crippen molar-refractivity contribution in [3.8, 4) is 11.8 Å². The highest BCUT2D eigenvalue weighted by Gasteiger charge is 2.21. The zero-order valence-corrected chi connectivity index (χ0v) is 12.3. The van der Waals surface area contributed by atoms with Gasteiger partial charge in [-0.15, -0.1) is 0 Å². The molecule has 3 aromatic heterocycles. The molecule has 0 radical (unpaired) electrons. The van der Waals surface area contributed by atoms with Crippen LogP contribution in [0.2, 0.25) is 0 Å². The van der Waals surface area contributed by atoms with Gasteiger partial charge in [0.2, 0.25) is 0 Å². The zero-order chi connectivity index (χ0) is 15.5.